The van der Waals surface area contributed by atoms with Crippen LogP contribution < -0.4 is 20.3 Å². The molecule has 0 bridgehead atoms. The number of hydrogen-bond donors (Lipinski definition) is 2. The van der Waals surface area contributed by atoms with Gasteiger partial charge in [-0.3, -0.25) is 14.4 Å². The molecule has 0 saturated heterocycles. The number of fused-ring (bicyclic) bond motifs is 1. The summed E-state index contributed by atoms with van der Waals surface area (Å²) in [5.41, 5.74) is 0.842. The minimum absolute atomic E-state index is 0.150. The minimum atomic E-state index is -1.23. The molecular weight excluding hydrogens is 548 g/mol. The quantitative estimate of drug-likeness (QED) is 0.403. The van der Waals surface area contributed by atoms with Crippen molar-refractivity contribution in [2.45, 2.75) is 18.5 Å². The van der Waals surface area contributed by atoms with Gasteiger partial charge in [0.05, 0.1) is 22.9 Å². The normalized spacial score (nSPS) is 15.5. The molecule has 3 aromatic carbocycles. The number of benzene rings is 3. The van der Waals surface area contributed by atoms with Crippen molar-refractivity contribution in [2.24, 2.45) is 0 Å². The highest BCUT2D eigenvalue weighted by Gasteiger charge is 2.35. The first-order valence-electron chi connectivity index (χ1n) is 12.1. The number of methoxy groups -OCH3 is 1. The number of halogens is 3. The number of nitrogens with zero attached hydrogens (tertiary/aromatic N) is 1. The second-order valence-electron chi connectivity index (χ2n) is 8.77. The van der Waals surface area contributed by atoms with Gasteiger partial charge in [-0.2, -0.15) is 0 Å². The summed E-state index contributed by atoms with van der Waals surface area (Å²) >= 11 is 12.3. The van der Waals surface area contributed by atoms with Gasteiger partial charge in [-0.1, -0.05) is 53.5 Å². The zero-order valence-electron chi connectivity index (χ0n) is 21.0. The lowest BCUT2D eigenvalue weighted by Gasteiger charge is -2.26. The van der Waals surface area contributed by atoms with E-state index < -0.39 is 35.6 Å². The van der Waals surface area contributed by atoms with Gasteiger partial charge in [0, 0.05) is 31.2 Å². The lowest BCUT2D eigenvalue weighted by atomic mass is 10.0. The molecule has 39 heavy (non-hydrogen) atoms. The van der Waals surface area contributed by atoms with Crippen molar-refractivity contribution in [2.75, 3.05) is 31.8 Å². The molecule has 3 amide bonds. The van der Waals surface area contributed by atoms with E-state index >= 15 is 0 Å². The average molecular weight is 574 g/mol. The summed E-state index contributed by atoms with van der Waals surface area (Å²) in [5.74, 6) is -1.92. The molecule has 0 spiro atoms. The Morgan fingerprint density at radius 2 is 1.87 bits per heavy atom. The summed E-state index contributed by atoms with van der Waals surface area (Å²) in [7, 11) is 1.51. The maximum atomic E-state index is 14.5. The van der Waals surface area contributed by atoms with Crippen LogP contribution in [0.15, 0.2) is 66.7 Å². The molecular formula is C28H26Cl2FN3O5. The number of anilines is 1. The fraction of sp³-hybridized carbons (Fsp3) is 0.250. The summed E-state index contributed by atoms with van der Waals surface area (Å²) in [6.45, 7) is 0.242. The van der Waals surface area contributed by atoms with Gasteiger partial charge in [0.25, 0.3) is 11.8 Å². The summed E-state index contributed by atoms with van der Waals surface area (Å²) in [6.07, 6.45) is -0.167. The SMILES string of the molecule is COCCN1C(=O)[C@H](NC(=O)[C@@H](Cc2ccccc2F)NC(=O)c2ccccc2Cl)COc2cc(Cl)ccc21. The fourth-order valence-electron chi connectivity index (χ4n) is 4.14. The van der Waals surface area contributed by atoms with Crippen LogP contribution in [0.4, 0.5) is 10.1 Å². The first kappa shape index (κ1) is 28.4. The molecule has 11 heteroatoms. The molecule has 2 N–H and O–H groups in total. The van der Waals surface area contributed by atoms with Gasteiger partial charge >= 0.3 is 0 Å². The van der Waals surface area contributed by atoms with E-state index in [2.05, 4.69) is 10.6 Å². The van der Waals surface area contributed by atoms with Crippen LogP contribution in [0.3, 0.4) is 0 Å². The summed E-state index contributed by atoms with van der Waals surface area (Å²) in [5, 5.41) is 5.92. The first-order valence-corrected chi connectivity index (χ1v) is 12.9. The number of amides is 3. The van der Waals surface area contributed by atoms with Crippen molar-refractivity contribution in [1.29, 1.82) is 0 Å². The molecule has 1 heterocycles. The number of carbonyl (C=O) groups is 3. The highest BCUT2D eigenvalue weighted by atomic mass is 35.5. The lowest BCUT2D eigenvalue weighted by molar-refractivity contribution is -0.129. The fourth-order valence-corrected chi connectivity index (χ4v) is 4.52. The number of hydrogen-bond acceptors (Lipinski definition) is 5. The zero-order chi connectivity index (χ0) is 27.9. The van der Waals surface area contributed by atoms with Gasteiger partial charge in [0.1, 0.15) is 30.3 Å². The predicted molar refractivity (Wildman–Crippen MR) is 146 cm³/mol. The Bertz CT molecular complexity index is 1370. The van der Waals surface area contributed by atoms with E-state index in [1.165, 1.54) is 36.3 Å². The predicted octanol–water partition coefficient (Wildman–Crippen LogP) is 4.03. The van der Waals surface area contributed by atoms with Crippen LogP contribution >= 0.6 is 23.2 Å². The van der Waals surface area contributed by atoms with Crippen LogP contribution in [0, 0.1) is 5.82 Å². The van der Waals surface area contributed by atoms with Crippen molar-refractivity contribution >= 4 is 46.6 Å². The zero-order valence-corrected chi connectivity index (χ0v) is 22.5. The molecule has 8 nitrogen and oxygen atoms in total. The van der Waals surface area contributed by atoms with E-state index in [1.807, 2.05) is 0 Å². The molecule has 1 aliphatic rings. The largest absolute Gasteiger partial charge is 0.489 e. The smallest absolute Gasteiger partial charge is 0.253 e. The van der Waals surface area contributed by atoms with E-state index in [4.69, 9.17) is 32.7 Å². The van der Waals surface area contributed by atoms with Crippen LogP contribution in [0.1, 0.15) is 15.9 Å². The summed E-state index contributed by atoms with van der Waals surface area (Å²) in [6, 6.07) is 14.8. The van der Waals surface area contributed by atoms with E-state index in [-0.39, 0.29) is 42.3 Å². The topological polar surface area (TPSA) is 97.0 Å². The van der Waals surface area contributed by atoms with Crippen molar-refractivity contribution in [3.63, 3.8) is 0 Å². The van der Waals surface area contributed by atoms with E-state index in [9.17, 15) is 18.8 Å². The number of carbonyl (C=O) groups excluding carboxylic acids is 3. The molecule has 0 aliphatic carbocycles. The second-order valence-corrected chi connectivity index (χ2v) is 9.61. The van der Waals surface area contributed by atoms with Gasteiger partial charge in [-0.15, -0.1) is 0 Å². The Morgan fingerprint density at radius 1 is 1.13 bits per heavy atom. The average Bonchev–Trinajstić information content (AvgIpc) is 3.04. The van der Waals surface area contributed by atoms with E-state index in [1.54, 1.807) is 42.5 Å². The van der Waals surface area contributed by atoms with Crippen molar-refractivity contribution in [1.82, 2.24) is 10.6 Å². The maximum Gasteiger partial charge on any atom is 0.253 e. The van der Waals surface area contributed by atoms with Crippen molar-refractivity contribution in [3.05, 3.63) is 93.7 Å². The monoisotopic (exact) mass is 573 g/mol. The van der Waals surface area contributed by atoms with Crippen molar-refractivity contribution < 1.29 is 28.2 Å². The Labute approximate surface area is 235 Å². The highest BCUT2D eigenvalue weighted by molar-refractivity contribution is 6.33. The molecule has 2 atom stereocenters. The molecule has 0 radical (unpaired) electrons. The van der Waals surface area contributed by atoms with E-state index in [0.717, 1.165) is 0 Å². The van der Waals surface area contributed by atoms with Gasteiger partial charge in [0.15, 0.2) is 0 Å². The first-order chi connectivity index (χ1) is 18.8. The summed E-state index contributed by atoms with van der Waals surface area (Å²) < 4.78 is 25.5. The van der Waals surface area contributed by atoms with Crippen molar-refractivity contribution in [3.8, 4) is 5.75 Å². The number of nitrogens with one attached hydrogen (secondary N) is 2. The van der Waals surface area contributed by atoms with Crippen LogP contribution in [0.25, 0.3) is 0 Å². The summed E-state index contributed by atoms with van der Waals surface area (Å²) in [4.78, 5) is 41.5. The van der Waals surface area contributed by atoms with Crippen LogP contribution in [-0.2, 0) is 20.7 Å². The van der Waals surface area contributed by atoms with Crippen LogP contribution in [0.2, 0.25) is 10.0 Å². The molecule has 3 aromatic rings. The minimum Gasteiger partial charge on any atom is -0.489 e. The maximum absolute atomic E-state index is 14.5. The Hall–Kier alpha value is -3.66. The standard InChI is InChI=1S/C28H26Cl2FN3O5/c1-38-13-12-34-24-11-10-18(29)15-25(24)39-16-23(28(34)37)33-27(36)22(14-17-6-2-5-9-21(17)31)32-26(35)19-7-3-4-8-20(19)30/h2-11,15,22-23H,12-14,16H2,1H3,(H,32,35)(H,33,36)/t22-,23-/m1/s1. The van der Waals surface area contributed by atoms with Gasteiger partial charge in [0.2, 0.25) is 5.91 Å². The molecule has 204 valence electrons. The Morgan fingerprint density at radius 3 is 2.62 bits per heavy atom. The van der Waals surface area contributed by atoms with Gasteiger partial charge in [-0.25, -0.2) is 4.39 Å². The van der Waals surface area contributed by atoms with Gasteiger partial charge < -0.3 is 25.0 Å². The highest BCUT2D eigenvalue weighted by Crippen LogP contribution is 2.34. The van der Waals surface area contributed by atoms with E-state index in [0.29, 0.717) is 16.5 Å². The third-order valence-electron chi connectivity index (χ3n) is 6.14. The third kappa shape index (κ3) is 6.86. The third-order valence-corrected chi connectivity index (χ3v) is 6.70. The lowest BCUT2D eigenvalue weighted by Crippen LogP contribution is -2.56. The van der Waals surface area contributed by atoms with Crippen LogP contribution in [-0.4, -0.2) is 56.7 Å². The van der Waals surface area contributed by atoms with Gasteiger partial charge in [-0.05, 0) is 35.9 Å². The molecule has 0 unspecified atom stereocenters. The Balaban J connectivity index is 1.59. The van der Waals surface area contributed by atoms with Crippen LogP contribution in [0.5, 0.6) is 5.75 Å². The molecule has 0 aromatic heterocycles. The number of ether oxygens (including phenoxy) is 2. The Kier molecular flexibility index (Phi) is 9.40. The molecule has 0 saturated carbocycles. The number of rotatable bonds is 9. The second kappa shape index (κ2) is 12.9. The molecule has 0 fully saturated rings. The molecule has 4 rings (SSSR count). The molecule has 1 aliphatic heterocycles.